The molecule has 148 valence electrons. The van der Waals surface area contributed by atoms with Crippen molar-refractivity contribution in [2.75, 3.05) is 17.7 Å². The molecule has 2 aromatic carbocycles. The molecule has 1 aliphatic carbocycles. The third kappa shape index (κ3) is 4.06. The maximum absolute atomic E-state index is 12.8. The summed E-state index contributed by atoms with van der Waals surface area (Å²) >= 11 is 0. The number of benzene rings is 2. The number of carbonyl (C=O) groups is 1. The number of anilines is 4. The normalized spacial score (nSPS) is 15.6. The number of ether oxygens (including phenoxy) is 1. The Labute approximate surface area is 170 Å². The summed E-state index contributed by atoms with van der Waals surface area (Å²) in [5.74, 6) is 2.10. The number of nitrogens with one attached hydrogen (secondary N) is 2. The van der Waals surface area contributed by atoms with Gasteiger partial charge in [-0.15, -0.1) is 0 Å². The molecule has 0 bridgehead atoms. The predicted molar refractivity (Wildman–Crippen MR) is 115 cm³/mol. The third-order valence-corrected chi connectivity index (χ3v) is 5.06. The van der Waals surface area contributed by atoms with Crippen molar-refractivity contribution in [3.05, 3.63) is 65.4 Å². The van der Waals surface area contributed by atoms with Crippen LogP contribution >= 0.6 is 0 Å². The second-order valence-corrected chi connectivity index (χ2v) is 7.45. The number of aromatic nitrogens is 2. The number of methoxy groups -OCH3 is 1. The van der Waals surface area contributed by atoms with E-state index in [1.165, 1.54) is 0 Å². The Morgan fingerprint density at radius 2 is 1.86 bits per heavy atom. The Bertz CT molecular complexity index is 1060. The van der Waals surface area contributed by atoms with Crippen LogP contribution in [0.5, 0.6) is 5.75 Å². The van der Waals surface area contributed by atoms with E-state index in [9.17, 15) is 4.79 Å². The number of rotatable bonds is 5. The molecule has 6 heteroatoms. The zero-order chi connectivity index (χ0) is 20.4. The molecule has 0 spiro atoms. The van der Waals surface area contributed by atoms with Crippen molar-refractivity contribution in [3.8, 4) is 5.75 Å². The molecule has 0 aliphatic heterocycles. The van der Waals surface area contributed by atoms with Gasteiger partial charge in [0.15, 0.2) is 5.78 Å². The second kappa shape index (κ2) is 7.91. The van der Waals surface area contributed by atoms with E-state index in [0.29, 0.717) is 23.8 Å². The van der Waals surface area contributed by atoms with E-state index in [1.54, 1.807) is 7.11 Å². The summed E-state index contributed by atoms with van der Waals surface area (Å²) in [5.41, 5.74) is 4.21. The van der Waals surface area contributed by atoms with Crippen LogP contribution in [-0.4, -0.2) is 22.9 Å². The Kier molecular flexibility index (Phi) is 5.16. The molecule has 1 atom stereocenters. The number of aryl methyl sites for hydroxylation is 1. The lowest BCUT2D eigenvalue weighted by Gasteiger charge is -2.23. The van der Waals surface area contributed by atoms with E-state index in [1.807, 2.05) is 55.5 Å². The first-order chi connectivity index (χ1) is 14.0. The van der Waals surface area contributed by atoms with E-state index in [-0.39, 0.29) is 11.7 Å². The highest BCUT2D eigenvalue weighted by molar-refractivity contribution is 6.03. The van der Waals surface area contributed by atoms with Crippen molar-refractivity contribution in [1.29, 1.82) is 0 Å². The smallest absolute Gasteiger partial charge is 0.229 e. The monoisotopic (exact) mass is 388 g/mol. The quantitative estimate of drug-likeness (QED) is 0.637. The molecule has 3 aromatic rings. The molecule has 0 fully saturated rings. The van der Waals surface area contributed by atoms with Crippen molar-refractivity contribution in [3.63, 3.8) is 0 Å². The Balaban J connectivity index is 1.76. The van der Waals surface area contributed by atoms with Gasteiger partial charge in [-0.3, -0.25) is 4.79 Å². The SMILES string of the molecule is COc1cccc(Nc2nc3c(c(Nc4ccccc4C)n2)C(=O)CC(C)C3)c1. The summed E-state index contributed by atoms with van der Waals surface area (Å²) in [5, 5.41) is 6.60. The van der Waals surface area contributed by atoms with Gasteiger partial charge in [-0.25, -0.2) is 4.98 Å². The van der Waals surface area contributed by atoms with Crippen LogP contribution < -0.4 is 15.4 Å². The van der Waals surface area contributed by atoms with Crippen molar-refractivity contribution in [1.82, 2.24) is 9.97 Å². The highest BCUT2D eigenvalue weighted by Crippen LogP contribution is 2.32. The number of carbonyl (C=O) groups excluding carboxylic acids is 1. The van der Waals surface area contributed by atoms with Crippen LogP contribution in [0.2, 0.25) is 0 Å². The summed E-state index contributed by atoms with van der Waals surface area (Å²) in [7, 11) is 1.63. The Morgan fingerprint density at radius 1 is 1.03 bits per heavy atom. The molecule has 2 N–H and O–H groups in total. The number of hydrogen-bond donors (Lipinski definition) is 2. The molecule has 0 saturated carbocycles. The minimum Gasteiger partial charge on any atom is -0.497 e. The average Bonchev–Trinajstić information content (AvgIpc) is 2.69. The van der Waals surface area contributed by atoms with E-state index in [2.05, 4.69) is 27.5 Å². The van der Waals surface area contributed by atoms with Crippen molar-refractivity contribution in [2.45, 2.75) is 26.7 Å². The fourth-order valence-electron chi connectivity index (χ4n) is 3.59. The van der Waals surface area contributed by atoms with Crippen molar-refractivity contribution in [2.24, 2.45) is 5.92 Å². The molecular formula is C23H24N4O2. The van der Waals surface area contributed by atoms with Gasteiger partial charge < -0.3 is 15.4 Å². The fourth-order valence-corrected chi connectivity index (χ4v) is 3.59. The van der Waals surface area contributed by atoms with E-state index >= 15 is 0 Å². The minimum absolute atomic E-state index is 0.0859. The molecule has 1 aliphatic rings. The fraction of sp³-hybridized carbons (Fsp3) is 0.261. The van der Waals surface area contributed by atoms with Gasteiger partial charge in [0.2, 0.25) is 5.95 Å². The van der Waals surface area contributed by atoms with Crippen LogP contribution in [-0.2, 0) is 6.42 Å². The number of Topliss-reactive ketones (excluding diaryl/α,β-unsaturated/α-hetero) is 1. The molecule has 29 heavy (non-hydrogen) atoms. The first kappa shape index (κ1) is 18.9. The first-order valence-corrected chi connectivity index (χ1v) is 9.71. The van der Waals surface area contributed by atoms with Gasteiger partial charge in [0, 0.05) is 23.9 Å². The summed E-state index contributed by atoms with van der Waals surface area (Å²) < 4.78 is 5.29. The summed E-state index contributed by atoms with van der Waals surface area (Å²) in [4.78, 5) is 22.1. The van der Waals surface area contributed by atoms with Crippen LogP contribution in [0, 0.1) is 12.8 Å². The lowest BCUT2D eigenvalue weighted by molar-refractivity contribution is 0.0953. The number of nitrogens with zero attached hydrogens (tertiary/aromatic N) is 2. The molecule has 1 heterocycles. The number of hydrogen-bond acceptors (Lipinski definition) is 6. The number of para-hydroxylation sites is 1. The largest absolute Gasteiger partial charge is 0.497 e. The average molecular weight is 388 g/mol. The maximum atomic E-state index is 12.8. The van der Waals surface area contributed by atoms with Gasteiger partial charge >= 0.3 is 0 Å². The third-order valence-electron chi connectivity index (χ3n) is 5.06. The second-order valence-electron chi connectivity index (χ2n) is 7.45. The van der Waals surface area contributed by atoms with Gasteiger partial charge in [0.05, 0.1) is 18.4 Å². The van der Waals surface area contributed by atoms with Crippen LogP contribution in [0.15, 0.2) is 48.5 Å². The molecule has 1 aromatic heterocycles. The van der Waals surface area contributed by atoms with E-state index in [4.69, 9.17) is 4.74 Å². The molecule has 0 saturated heterocycles. The van der Waals surface area contributed by atoms with Crippen molar-refractivity contribution >= 4 is 28.9 Å². The van der Waals surface area contributed by atoms with E-state index < -0.39 is 0 Å². The molecule has 0 amide bonds. The summed E-state index contributed by atoms with van der Waals surface area (Å²) in [6.07, 6.45) is 1.26. The molecule has 0 radical (unpaired) electrons. The van der Waals surface area contributed by atoms with Crippen molar-refractivity contribution < 1.29 is 9.53 Å². The number of ketones is 1. The van der Waals surface area contributed by atoms with Crippen LogP contribution in [0.1, 0.15) is 35.0 Å². The van der Waals surface area contributed by atoms with Gasteiger partial charge in [0.1, 0.15) is 11.6 Å². The summed E-state index contributed by atoms with van der Waals surface area (Å²) in [6.45, 7) is 4.10. The summed E-state index contributed by atoms with van der Waals surface area (Å²) in [6, 6.07) is 15.5. The van der Waals surface area contributed by atoms with Gasteiger partial charge in [-0.05, 0) is 43.0 Å². The molecule has 6 nitrogen and oxygen atoms in total. The highest BCUT2D eigenvalue weighted by atomic mass is 16.5. The molecule has 4 rings (SSSR count). The Hall–Kier alpha value is -3.41. The molecular weight excluding hydrogens is 364 g/mol. The lowest BCUT2D eigenvalue weighted by atomic mass is 9.87. The zero-order valence-electron chi connectivity index (χ0n) is 16.8. The zero-order valence-corrected chi connectivity index (χ0v) is 16.8. The van der Waals surface area contributed by atoms with Gasteiger partial charge in [-0.2, -0.15) is 4.98 Å². The van der Waals surface area contributed by atoms with Gasteiger partial charge in [-0.1, -0.05) is 31.2 Å². The maximum Gasteiger partial charge on any atom is 0.229 e. The van der Waals surface area contributed by atoms with Crippen LogP contribution in [0.4, 0.5) is 23.1 Å². The lowest BCUT2D eigenvalue weighted by Crippen LogP contribution is -2.22. The Morgan fingerprint density at radius 3 is 2.66 bits per heavy atom. The standard InChI is InChI=1S/C23H24N4O2/c1-14-11-19-21(20(28)12-14)22(25-18-10-5-4-7-15(18)2)27-23(26-19)24-16-8-6-9-17(13-16)29-3/h4-10,13-14H,11-12H2,1-3H3,(H2,24,25,26,27). The first-order valence-electron chi connectivity index (χ1n) is 9.71. The predicted octanol–water partition coefficient (Wildman–Crippen LogP) is 5.05. The minimum atomic E-state index is 0.0859. The molecule has 1 unspecified atom stereocenters. The van der Waals surface area contributed by atoms with E-state index in [0.717, 1.165) is 34.8 Å². The van der Waals surface area contributed by atoms with Gasteiger partial charge in [0.25, 0.3) is 0 Å². The van der Waals surface area contributed by atoms with Crippen LogP contribution in [0.25, 0.3) is 0 Å². The topological polar surface area (TPSA) is 76.1 Å². The highest BCUT2D eigenvalue weighted by Gasteiger charge is 2.28. The van der Waals surface area contributed by atoms with Crippen LogP contribution in [0.3, 0.4) is 0 Å². The number of fused-ring (bicyclic) bond motifs is 1.